The molecule has 3 aromatic rings. The normalized spacial score (nSPS) is 16.4. The average molecular weight is 543 g/mol. The Labute approximate surface area is 234 Å². The van der Waals surface area contributed by atoms with Gasteiger partial charge >= 0.3 is 5.97 Å². The van der Waals surface area contributed by atoms with Gasteiger partial charge in [-0.25, -0.2) is 4.79 Å². The van der Waals surface area contributed by atoms with Crippen molar-refractivity contribution in [3.63, 3.8) is 0 Å². The maximum atomic E-state index is 13.3. The molecule has 0 spiro atoms. The number of hydrogen-bond acceptors (Lipinski definition) is 7. The molecule has 1 aliphatic rings. The maximum Gasteiger partial charge on any atom is 0.337 e. The predicted octanol–water partition coefficient (Wildman–Crippen LogP) is 4.73. The van der Waals surface area contributed by atoms with Gasteiger partial charge in [0.1, 0.15) is 18.1 Å². The molecule has 0 radical (unpaired) electrons. The molecule has 8 nitrogen and oxygen atoms in total. The van der Waals surface area contributed by atoms with Crippen LogP contribution in [-0.4, -0.2) is 66.9 Å². The first-order valence-electron chi connectivity index (χ1n) is 13.1. The van der Waals surface area contributed by atoms with Gasteiger partial charge in [0, 0.05) is 12.1 Å². The summed E-state index contributed by atoms with van der Waals surface area (Å²) in [5.74, 6) is -1.56. The molecule has 1 amide bonds. The quantitative estimate of drug-likeness (QED) is 0.171. The number of aliphatic hydroxyl groups excluding tert-OH is 1. The van der Waals surface area contributed by atoms with Gasteiger partial charge in [0.25, 0.3) is 11.7 Å². The van der Waals surface area contributed by atoms with Crippen molar-refractivity contribution in [3.8, 4) is 5.75 Å². The lowest BCUT2D eigenvalue weighted by Crippen LogP contribution is -2.32. The van der Waals surface area contributed by atoms with Crippen LogP contribution >= 0.6 is 0 Å². The Balaban J connectivity index is 1.64. The molecule has 0 aliphatic carbocycles. The second-order valence-corrected chi connectivity index (χ2v) is 10.1. The number of ketones is 1. The van der Waals surface area contributed by atoms with Gasteiger partial charge in [-0.3, -0.25) is 9.59 Å². The lowest BCUT2D eigenvalue weighted by Gasteiger charge is -2.26. The number of ether oxygens (including phenoxy) is 2. The third-order valence-electron chi connectivity index (χ3n) is 6.81. The summed E-state index contributed by atoms with van der Waals surface area (Å²) in [5, 5.41) is 11.3. The zero-order valence-electron chi connectivity index (χ0n) is 23.2. The van der Waals surface area contributed by atoms with Crippen LogP contribution in [0.5, 0.6) is 5.75 Å². The molecule has 0 aromatic heterocycles. The molecule has 1 heterocycles. The Morgan fingerprint density at radius 1 is 0.975 bits per heavy atom. The molecule has 1 unspecified atom stereocenters. The summed E-state index contributed by atoms with van der Waals surface area (Å²) < 4.78 is 10.7. The van der Waals surface area contributed by atoms with Crippen molar-refractivity contribution in [2.24, 2.45) is 0 Å². The summed E-state index contributed by atoms with van der Waals surface area (Å²) in [7, 11) is 5.17. The minimum atomic E-state index is -0.800. The van der Waals surface area contributed by atoms with E-state index in [1.807, 2.05) is 44.1 Å². The molecule has 0 saturated carbocycles. The molecular weight excluding hydrogens is 508 g/mol. The molecular formula is C32H34N2O6. The summed E-state index contributed by atoms with van der Waals surface area (Å²) in [6.45, 7) is 3.47. The maximum absolute atomic E-state index is 13.3. The lowest BCUT2D eigenvalue weighted by molar-refractivity contribution is -0.139. The standard InChI is InChI=1S/C32H34N2O6/c1-21-7-5-8-22(19-21)20-40-26-15-13-24(14-16-26)29(35)27-28(23-9-11-25(12-10-23)32(38)39-4)34(31(37)30(27)36)18-6-17-33(2)3/h5,7-16,19,28,35H,6,17-18,20H2,1-4H3/b29-27-. The van der Waals surface area contributed by atoms with E-state index in [-0.39, 0.29) is 11.3 Å². The number of methoxy groups -OCH3 is 1. The van der Waals surface area contributed by atoms with E-state index in [2.05, 4.69) is 6.07 Å². The number of likely N-dealkylation sites (tertiary alicyclic amines) is 1. The highest BCUT2D eigenvalue weighted by Crippen LogP contribution is 2.39. The van der Waals surface area contributed by atoms with Crippen molar-refractivity contribution in [1.29, 1.82) is 0 Å². The Bertz CT molecular complexity index is 1410. The first kappa shape index (κ1) is 28.6. The molecule has 1 aliphatic heterocycles. The minimum Gasteiger partial charge on any atom is -0.507 e. The van der Waals surface area contributed by atoms with Crippen molar-refractivity contribution in [3.05, 3.63) is 106 Å². The summed E-state index contributed by atoms with van der Waals surface area (Å²) in [6.07, 6.45) is 0.643. The highest BCUT2D eigenvalue weighted by Gasteiger charge is 2.45. The van der Waals surface area contributed by atoms with E-state index in [9.17, 15) is 19.5 Å². The van der Waals surface area contributed by atoms with E-state index >= 15 is 0 Å². The second-order valence-electron chi connectivity index (χ2n) is 10.1. The van der Waals surface area contributed by atoms with Crippen molar-refractivity contribution >= 4 is 23.4 Å². The zero-order chi connectivity index (χ0) is 28.8. The van der Waals surface area contributed by atoms with Crippen molar-refractivity contribution < 1.29 is 29.0 Å². The van der Waals surface area contributed by atoms with Crippen LogP contribution in [-0.2, 0) is 20.9 Å². The van der Waals surface area contributed by atoms with Gasteiger partial charge in [-0.2, -0.15) is 0 Å². The minimum absolute atomic E-state index is 0.00843. The van der Waals surface area contributed by atoms with Gasteiger partial charge in [-0.15, -0.1) is 0 Å². The van der Waals surface area contributed by atoms with E-state index < -0.39 is 23.7 Å². The van der Waals surface area contributed by atoms with Crippen LogP contribution in [0.4, 0.5) is 0 Å². The fourth-order valence-electron chi connectivity index (χ4n) is 4.77. The molecule has 8 heteroatoms. The van der Waals surface area contributed by atoms with E-state index in [0.29, 0.717) is 42.0 Å². The molecule has 4 rings (SSSR count). The SMILES string of the molecule is COC(=O)c1ccc(C2/C(=C(/O)c3ccc(OCc4cccc(C)c4)cc3)C(=O)C(=O)N2CCCN(C)C)cc1. The lowest BCUT2D eigenvalue weighted by atomic mass is 9.94. The van der Waals surface area contributed by atoms with Gasteiger partial charge in [0.05, 0.1) is 24.3 Å². The number of esters is 1. The smallest absolute Gasteiger partial charge is 0.337 e. The monoisotopic (exact) mass is 542 g/mol. The number of carbonyl (C=O) groups excluding carboxylic acids is 3. The average Bonchev–Trinajstić information content (AvgIpc) is 3.20. The molecule has 208 valence electrons. The number of rotatable bonds is 10. The Morgan fingerprint density at radius 2 is 1.65 bits per heavy atom. The number of nitrogens with zero attached hydrogens (tertiary/aromatic N) is 2. The first-order valence-corrected chi connectivity index (χ1v) is 13.1. The van der Waals surface area contributed by atoms with Gasteiger partial charge < -0.3 is 24.4 Å². The number of aryl methyl sites for hydroxylation is 1. The van der Waals surface area contributed by atoms with E-state index in [1.165, 1.54) is 12.0 Å². The Morgan fingerprint density at radius 3 is 2.27 bits per heavy atom. The number of hydrogen-bond donors (Lipinski definition) is 1. The van der Waals surface area contributed by atoms with Crippen LogP contribution in [0.3, 0.4) is 0 Å². The van der Waals surface area contributed by atoms with Crippen LogP contribution in [0.2, 0.25) is 0 Å². The Kier molecular flexibility index (Phi) is 9.01. The van der Waals surface area contributed by atoms with Gasteiger partial charge in [0.2, 0.25) is 0 Å². The highest BCUT2D eigenvalue weighted by molar-refractivity contribution is 6.46. The zero-order valence-corrected chi connectivity index (χ0v) is 23.2. The summed E-state index contributed by atoms with van der Waals surface area (Å²) in [5.41, 5.74) is 3.54. The van der Waals surface area contributed by atoms with E-state index in [1.54, 1.807) is 48.5 Å². The number of carbonyl (C=O) groups is 3. The molecule has 1 fully saturated rings. The molecule has 1 atom stereocenters. The largest absolute Gasteiger partial charge is 0.507 e. The number of Topliss-reactive ketones (excluding diaryl/α,β-unsaturated/α-hetero) is 1. The summed E-state index contributed by atoms with van der Waals surface area (Å²) >= 11 is 0. The molecule has 1 saturated heterocycles. The van der Waals surface area contributed by atoms with E-state index in [4.69, 9.17) is 9.47 Å². The fraction of sp³-hybridized carbons (Fsp3) is 0.281. The van der Waals surface area contributed by atoms with Crippen LogP contribution in [0.1, 0.15) is 45.1 Å². The molecule has 3 aromatic carbocycles. The second kappa shape index (κ2) is 12.6. The van der Waals surface area contributed by atoms with E-state index in [0.717, 1.165) is 17.7 Å². The van der Waals surface area contributed by atoms with Gasteiger partial charge in [0.15, 0.2) is 0 Å². The fourth-order valence-corrected chi connectivity index (χ4v) is 4.77. The number of aliphatic hydroxyl groups is 1. The number of benzene rings is 3. The highest BCUT2D eigenvalue weighted by atomic mass is 16.5. The van der Waals surface area contributed by atoms with Crippen molar-refractivity contribution in [1.82, 2.24) is 9.80 Å². The van der Waals surface area contributed by atoms with Gasteiger partial charge in [-0.1, -0.05) is 42.0 Å². The topological polar surface area (TPSA) is 96.4 Å². The third-order valence-corrected chi connectivity index (χ3v) is 6.81. The van der Waals surface area contributed by atoms with Gasteiger partial charge in [-0.05, 0) is 81.5 Å². The number of amides is 1. The van der Waals surface area contributed by atoms with Crippen LogP contribution in [0.15, 0.2) is 78.4 Å². The predicted molar refractivity (Wildman–Crippen MR) is 152 cm³/mol. The summed E-state index contributed by atoms with van der Waals surface area (Å²) in [6, 6.07) is 20.5. The van der Waals surface area contributed by atoms with Crippen LogP contribution in [0, 0.1) is 6.92 Å². The van der Waals surface area contributed by atoms with Crippen LogP contribution in [0.25, 0.3) is 5.76 Å². The third kappa shape index (κ3) is 6.40. The van der Waals surface area contributed by atoms with Crippen molar-refractivity contribution in [2.75, 3.05) is 34.3 Å². The summed E-state index contributed by atoms with van der Waals surface area (Å²) in [4.78, 5) is 41.9. The Hall–Kier alpha value is -4.43. The first-order chi connectivity index (χ1) is 19.2. The van der Waals surface area contributed by atoms with Crippen LogP contribution < -0.4 is 4.74 Å². The molecule has 0 bridgehead atoms. The van der Waals surface area contributed by atoms with Crippen molar-refractivity contribution in [2.45, 2.75) is 26.0 Å². The molecule has 40 heavy (non-hydrogen) atoms. The molecule has 1 N–H and O–H groups in total.